The molecule has 0 spiro atoms. The number of nitrogens with one attached hydrogen (secondary N) is 1. The topological polar surface area (TPSA) is 57.6 Å². The normalized spacial score (nSPS) is 12.5. The van der Waals surface area contributed by atoms with E-state index in [4.69, 9.17) is 4.74 Å². The van der Waals surface area contributed by atoms with Crippen LogP contribution in [0.5, 0.6) is 5.88 Å². The van der Waals surface area contributed by atoms with E-state index in [2.05, 4.69) is 10.3 Å². The molecule has 1 atom stereocenters. The second-order valence-corrected chi connectivity index (χ2v) is 4.12. The van der Waals surface area contributed by atoms with Gasteiger partial charge in [0.1, 0.15) is 0 Å². The molecule has 1 rings (SSSR count). The van der Waals surface area contributed by atoms with Crippen LogP contribution in [-0.4, -0.2) is 54.9 Å². The molecule has 17 heavy (non-hydrogen) atoms. The predicted molar refractivity (Wildman–Crippen MR) is 68.5 cm³/mol. The fourth-order valence-corrected chi connectivity index (χ4v) is 1.44. The van der Waals surface area contributed by atoms with Crippen molar-refractivity contribution in [3.8, 4) is 5.88 Å². The van der Waals surface area contributed by atoms with Gasteiger partial charge in [0.25, 0.3) is 0 Å². The molecule has 2 N–H and O–H groups in total. The van der Waals surface area contributed by atoms with Gasteiger partial charge in [0.15, 0.2) is 0 Å². The third-order valence-corrected chi connectivity index (χ3v) is 2.15. The van der Waals surface area contributed by atoms with Crippen LogP contribution in [0.3, 0.4) is 0 Å². The second kappa shape index (κ2) is 7.09. The van der Waals surface area contributed by atoms with Gasteiger partial charge in [-0.25, -0.2) is 4.98 Å². The van der Waals surface area contributed by atoms with E-state index in [0.29, 0.717) is 25.6 Å². The number of hydrogen-bond donors (Lipinski definition) is 2. The highest BCUT2D eigenvalue weighted by atomic mass is 16.5. The minimum atomic E-state index is -0.392. The third-order valence-electron chi connectivity index (χ3n) is 2.15. The fraction of sp³-hybridized carbons (Fsp3) is 0.583. The highest BCUT2D eigenvalue weighted by molar-refractivity contribution is 5.42. The van der Waals surface area contributed by atoms with E-state index in [1.165, 1.54) is 0 Å². The molecule has 96 valence electrons. The molecule has 1 aromatic rings. The number of hydrogen-bond acceptors (Lipinski definition) is 5. The summed E-state index contributed by atoms with van der Waals surface area (Å²) in [7, 11) is 3.86. The van der Waals surface area contributed by atoms with Gasteiger partial charge in [0, 0.05) is 19.2 Å². The lowest BCUT2D eigenvalue weighted by Crippen LogP contribution is -2.31. The van der Waals surface area contributed by atoms with Crippen LogP contribution in [0.25, 0.3) is 0 Å². The zero-order chi connectivity index (χ0) is 12.7. The summed E-state index contributed by atoms with van der Waals surface area (Å²) in [5, 5.41) is 12.8. The maximum Gasteiger partial charge on any atom is 0.213 e. The first-order chi connectivity index (χ1) is 8.11. The van der Waals surface area contributed by atoms with E-state index in [0.717, 1.165) is 5.69 Å². The van der Waals surface area contributed by atoms with Gasteiger partial charge in [0.2, 0.25) is 5.88 Å². The van der Waals surface area contributed by atoms with Crippen molar-refractivity contribution in [3.63, 3.8) is 0 Å². The van der Waals surface area contributed by atoms with Gasteiger partial charge in [-0.2, -0.15) is 0 Å². The summed E-state index contributed by atoms with van der Waals surface area (Å²) in [5.41, 5.74) is 0.881. The fourth-order valence-electron chi connectivity index (χ4n) is 1.44. The van der Waals surface area contributed by atoms with Crippen LogP contribution in [0.4, 0.5) is 5.69 Å². The number of pyridine rings is 1. The molecule has 0 saturated heterocycles. The van der Waals surface area contributed by atoms with E-state index < -0.39 is 6.10 Å². The highest BCUT2D eigenvalue weighted by Gasteiger charge is 2.05. The Morgan fingerprint density at radius 2 is 2.24 bits per heavy atom. The number of anilines is 1. The molecule has 0 saturated carbocycles. The molecule has 0 aromatic carbocycles. The molecule has 0 fully saturated rings. The average Bonchev–Trinajstić information content (AvgIpc) is 2.28. The lowest BCUT2D eigenvalue weighted by Gasteiger charge is -2.16. The van der Waals surface area contributed by atoms with E-state index in [9.17, 15) is 5.11 Å². The van der Waals surface area contributed by atoms with Crippen molar-refractivity contribution in [1.82, 2.24) is 9.88 Å². The van der Waals surface area contributed by atoms with Crippen molar-refractivity contribution >= 4 is 5.69 Å². The summed E-state index contributed by atoms with van der Waals surface area (Å²) in [6.07, 6.45) is 1.31. The molecule has 0 bridgehead atoms. The molecule has 1 unspecified atom stereocenters. The van der Waals surface area contributed by atoms with Crippen LogP contribution in [0.15, 0.2) is 18.3 Å². The van der Waals surface area contributed by atoms with Gasteiger partial charge < -0.3 is 20.1 Å². The van der Waals surface area contributed by atoms with Gasteiger partial charge in [-0.3, -0.25) is 0 Å². The zero-order valence-corrected chi connectivity index (χ0v) is 10.7. The highest BCUT2D eigenvalue weighted by Crippen LogP contribution is 2.11. The molecule has 0 radical (unpaired) electrons. The average molecular weight is 239 g/mol. The van der Waals surface area contributed by atoms with Crippen molar-refractivity contribution < 1.29 is 9.84 Å². The van der Waals surface area contributed by atoms with Crippen LogP contribution in [0.2, 0.25) is 0 Å². The lowest BCUT2D eigenvalue weighted by molar-refractivity contribution is 0.148. The lowest BCUT2D eigenvalue weighted by atomic mass is 10.3. The molecule has 1 heterocycles. The number of rotatable bonds is 7. The molecule has 0 aliphatic rings. The number of aliphatic hydroxyl groups excluding tert-OH is 1. The Hall–Kier alpha value is -1.33. The number of aromatic nitrogens is 1. The molecule has 5 nitrogen and oxygen atoms in total. The quantitative estimate of drug-likeness (QED) is 0.737. The largest absolute Gasteiger partial charge is 0.478 e. The summed E-state index contributed by atoms with van der Waals surface area (Å²) < 4.78 is 5.24. The Morgan fingerprint density at radius 1 is 1.47 bits per heavy atom. The summed E-state index contributed by atoms with van der Waals surface area (Å²) in [6.45, 7) is 3.68. The van der Waals surface area contributed by atoms with Crippen LogP contribution < -0.4 is 10.1 Å². The van der Waals surface area contributed by atoms with Crippen LogP contribution in [0, 0.1) is 0 Å². The first-order valence-corrected chi connectivity index (χ1v) is 5.77. The minimum absolute atomic E-state index is 0.392. The molecular weight excluding hydrogens is 218 g/mol. The summed E-state index contributed by atoms with van der Waals surface area (Å²) >= 11 is 0. The van der Waals surface area contributed by atoms with Crippen LogP contribution in [0.1, 0.15) is 6.92 Å². The second-order valence-electron chi connectivity index (χ2n) is 4.12. The Kier molecular flexibility index (Phi) is 5.72. The van der Waals surface area contributed by atoms with Gasteiger partial charge >= 0.3 is 0 Å². The van der Waals surface area contributed by atoms with Crippen LogP contribution in [-0.2, 0) is 0 Å². The number of nitrogens with zero attached hydrogens (tertiary/aromatic N) is 2. The van der Waals surface area contributed by atoms with Crippen molar-refractivity contribution in [2.75, 3.05) is 39.1 Å². The van der Waals surface area contributed by atoms with Crippen molar-refractivity contribution in [3.05, 3.63) is 18.3 Å². The maximum absolute atomic E-state index is 9.67. The summed E-state index contributed by atoms with van der Waals surface area (Å²) in [4.78, 5) is 6.08. The number of likely N-dealkylation sites (N-methyl/N-ethyl adjacent to an activating group) is 1. The van der Waals surface area contributed by atoms with Gasteiger partial charge in [0.05, 0.1) is 24.6 Å². The molecule has 1 aromatic heterocycles. The van der Waals surface area contributed by atoms with E-state index >= 15 is 0 Å². The predicted octanol–water partition coefficient (Wildman–Crippen LogP) is 0.815. The Labute approximate surface area is 102 Å². The molecule has 0 aliphatic heterocycles. The van der Waals surface area contributed by atoms with Crippen molar-refractivity contribution in [1.29, 1.82) is 0 Å². The SMILES string of the molecule is CCOc1ccc(NCC(O)CN(C)C)cn1. The van der Waals surface area contributed by atoms with Gasteiger partial charge in [-0.1, -0.05) is 0 Å². The Morgan fingerprint density at radius 3 is 2.76 bits per heavy atom. The summed E-state index contributed by atoms with van der Waals surface area (Å²) in [5.74, 6) is 0.617. The smallest absolute Gasteiger partial charge is 0.213 e. The monoisotopic (exact) mass is 239 g/mol. The number of ether oxygens (including phenoxy) is 1. The van der Waals surface area contributed by atoms with E-state index in [-0.39, 0.29) is 0 Å². The summed E-state index contributed by atoms with van der Waals surface area (Å²) in [6, 6.07) is 3.70. The van der Waals surface area contributed by atoms with Gasteiger partial charge in [-0.05, 0) is 27.1 Å². The van der Waals surface area contributed by atoms with Crippen LogP contribution >= 0.6 is 0 Å². The maximum atomic E-state index is 9.67. The van der Waals surface area contributed by atoms with E-state index in [1.807, 2.05) is 38.1 Å². The molecule has 5 heteroatoms. The first-order valence-electron chi connectivity index (χ1n) is 5.77. The van der Waals surface area contributed by atoms with Crippen molar-refractivity contribution in [2.45, 2.75) is 13.0 Å². The first kappa shape index (κ1) is 13.7. The molecule has 0 aliphatic carbocycles. The molecule has 0 amide bonds. The Bertz CT molecular complexity index is 314. The molecular formula is C12H21N3O2. The van der Waals surface area contributed by atoms with E-state index in [1.54, 1.807) is 6.20 Å². The Balaban J connectivity index is 2.36. The van der Waals surface area contributed by atoms with Gasteiger partial charge in [-0.15, -0.1) is 0 Å². The van der Waals surface area contributed by atoms with Crippen molar-refractivity contribution in [2.24, 2.45) is 0 Å². The third kappa shape index (κ3) is 5.51. The standard InChI is InChI=1S/C12H21N3O2/c1-4-17-12-6-5-10(7-14-12)13-8-11(16)9-15(2)3/h5-7,11,13,16H,4,8-9H2,1-3H3. The zero-order valence-electron chi connectivity index (χ0n) is 10.7. The number of aliphatic hydroxyl groups is 1. The minimum Gasteiger partial charge on any atom is -0.478 e.